The van der Waals surface area contributed by atoms with Crippen molar-refractivity contribution in [3.63, 3.8) is 0 Å². The molecule has 0 radical (unpaired) electrons. The molecule has 7 nitrogen and oxygen atoms in total. The van der Waals surface area contributed by atoms with Gasteiger partial charge < -0.3 is 19.1 Å². The van der Waals surface area contributed by atoms with Gasteiger partial charge in [-0.05, 0) is 61.6 Å². The lowest BCUT2D eigenvalue weighted by molar-refractivity contribution is 0.0696. The number of aromatic carboxylic acids is 1. The lowest BCUT2D eigenvalue weighted by Crippen LogP contribution is -2.16. The summed E-state index contributed by atoms with van der Waals surface area (Å²) in [6, 6.07) is 11.8. The summed E-state index contributed by atoms with van der Waals surface area (Å²) in [5.41, 5.74) is 3.79. The van der Waals surface area contributed by atoms with Crippen molar-refractivity contribution in [2.75, 3.05) is 0 Å². The Kier molecular flexibility index (Phi) is 6.68. The number of halogens is 3. The minimum atomic E-state index is -0.963. The molecular weight excluding hydrogens is 551 g/mol. The van der Waals surface area contributed by atoms with E-state index in [-0.39, 0.29) is 18.3 Å². The Hall–Kier alpha value is -3.26. The number of hydrogen-bond donors (Lipinski definition) is 1. The third-order valence-electron chi connectivity index (χ3n) is 6.79. The zero-order valence-corrected chi connectivity index (χ0v) is 22.2. The first-order valence-corrected chi connectivity index (χ1v) is 13.3. The minimum absolute atomic E-state index is 0.161. The van der Waals surface area contributed by atoms with Crippen molar-refractivity contribution in [1.29, 1.82) is 0 Å². The summed E-state index contributed by atoms with van der Waals surface area (Å²) in [5, 5.41) is 14.9. The highest BCUT2D eigenvalue weighted by molar-refractivity contribution is 6.39. The van der Waals surface area contributed by atoms with E-state index in [1.807, 2.05) is 0 Å². The molecule has 0 amide bonds. The molecule has 4 aromatic rings. The first kappa shape index (κ1) is 25.0. The zero-order valence-electron chi connectivity index (χ0n) is 19.9. The Morgan fingerprint density at radius 1 is 1.05 bits per heavy atom. The van der Waals surface area contributed by atoms with Crippen LogP contribution in [-0.2, 0) is 13.0 Å². The molecule has 1 N–H and O–H groups in total. The molecule has 1 saturated carbocycles. The van der Waals surface area contributed by atoms with Crippen LogP contribution >= 0.6 is 34.8 Å². The van der Waals surface area contributed by atoms with E-state index in [4.69, 9.17) is 48.8 Å². The summed E-state index contributed by atoms with van der Waals surface area (Å²) in [6.45, 7) is 0.161. The number of aromatic nitrogens is 2. The molecular formula is C28H21Cl3N2O5. The number of carboxylic acids is 1. The molecule has 38 heavy (non-hydrogen) atoms. The van der Waals surface area contributed by atoms with E-state index in [2.05, 4.69) is 10.1 Å². The molecule has 0 bridgehead atoms. The molecule has 1 aliphatic heterocycles. The van der Waals surface area contributed by atoms with E-state index in [9.17, 15) is 9.90 Å². The summed E-state index contributed by atoms with van der Waals surface area (Å²) >= 11 is 19.5. The van der Waals surface area contributed by atoms with E-state index in [0.29, 0.717) is 56.7 Å². The van der Waals surface area contributed by atoms with Gasteiger partial charge >= 0.3 is 5.97 Å². The fraction of sp³-hybridized carbons (Fsp3) is 0.250. The number of carboxylic acid groups (broad SMARTS) is 1. The average Bonchev–Trinajstić information content (AvgIpc) is 3.67. The van der Waals surface area contributed by atoms with Gasteiger partial charge in [-0.2, -0.15) is 0 Å². The van der Waals surface area contributed by atoms with Crippen molar-refractivity contribution in [2.24, 2.45) is 0 Å². The van der Waals surface area contributed by atoms with Gasteiger partial charge in [-0.25, -0.2) is 9.78 Å². The first-order chi connectivity index (χ1) is 18.4. The molecule has 0 saturated heterocycles. The molecule has 1 fully saturated rings. The van der Waals surface area contributed by atoms with Crippen molar-refractivity contribution >= 4 is 40.8 Å². The fourth-order valence-corrected chi connectivity index (χ4v) is 5.51. The molecule has 3 heterocycles. The van der Waals surface area contributed by atoms with Gasteiger partial charge in [0, 0.05) is 29.3 Å². The van der Waals surface area contributed by atoms with Crippen LogP contribution in [0.15, 0.2) is 53.2 Å². The van der Waals surface area contributed by atoms with Crippen LogP contribution in [-0.4, -0.2) is 21.2 Å². The topological polar surface area (TPSA) is 94.7 Å². The summed E-state index contributed by atoms with van der Waals surface area (Å²) in [4.78, 5) is 15.7. The van der Waals surface area contributed by atoms with Crippen molar-refractivity contribution in [3.8, 4) is 22.9 Å². The largest absolute Gasteiger partial charge is 0.485 e. The molecule has 2 aromatic heterocycles. The number of nitrogens with zero attached hydrogens (tertiary/aromatic N) is 2. The number of benzene rings is 2. The zero-order chi connectivity index (χ0) is 26.4. The number of fused-ring (bicyclic) bond motifs is 1. The standard InChI is InChI=1S/C28H21Cl3N2O5/c29-19-2-1-3-20(30)25(19)26-18(27(38-33-26)14-4-5-14)13-36-24-11-21(31)17(12-32-24)23-9-6-15-10-16(28(34)35)7-8-22(15)37-23/h1-3,7-8,10-12,14,23H,4-6,9,13H2,(H,34,35). The van der Waals surface area contributed by atoms with E-state index in [1.165, 1.54) is 6.07 Å². The monoisotopic (exact) mass is 570 g/mol. The first-order valence-electron chi connectivity index (χ1n) is 12.1. The van der Waals surface area contributed by atoms with Gasteiger partial charge in [0.25, 0.3) is 0 Å². The Bertz CT molecular complexity index is 1530. The second-order valence-corrected chi connectivity index (χ2v) is 10.6. The summed E-state index contributed by atoms with van der Waals surface area (Å²) in [7, 11) is 0. The summed E-state index contributed by atoms with van der Waals surface area (Å²) < 4.78 is 17.9. The predicted molar refractivity (Wildman–Crippen MR) is 143 cm³/mol. The molecule has 1 atom stereocenters. The second-order valence-electron chi connectivity index (χ2n) is 9.35. The van der Waals surface area contributed by atoms with Crippen molar-refractivity contribution < 1.29 is 23.9 Å². The van der Waals surface area contributed by atoms with Crippen LogP contribution in [0.2, 0.25) is 15.1 Å². The Morgan fingerprint density at radius 3 is 2.55 bits per heavy atom. The highest BCUT2D eigenvalue weighted by atomic mass is 35.5. The summed E-state index contributed by atoms with van der Waals surface area (Å²) in [6.07, 6.45) is 4.71. The van der Waals surface area contributed by atoms with Crippen LogP contribution in [0.4, 0.5) is 0 Å². The van der Waals surface area contributed by atoms with Gasteiger partial charge in [0.05, 0.1) is 26.2 Å². The number of carbonyl (C=O) groups is 1. The Labute approximate surface area is 233 Å². The number of pyridine rings is 1. The van der Waals surface area contributed by atoms with Crippen LogP contribution in [0, 0.1) is 0 Å². The Balaban J connectivity index is 1.21. The van der Waals surface area contributed by atoms with Crippen LogP contribution < -0.4 is 9.47 Å². The quantitative estimate of drug-likeness (QED) is 0.241. The Morgan fingerprint density at radius 2 is 1.84 bits per heavy atom. The van der Waals surface area contributed by atoms with Crippen LogP contribution in [0.3, 0.4) is 0 Å². The molecule has 1 unspecified atom stereocenters. The predicted octanol–water partition coefficient (Wildman–Crippen LogP) is 7.92. The molecule has 1 aliphatic carbocycles. The van der Waals surface area contributed by atoms with Gasteiger partial charge in [0.1, 0.15) is 29.9 Å². The van der Waals surface area contributed by atoms with Gasteiger partial charge in [-0.15, -0.1) is 0 Å². The number of aryl methyl sites for hydroxylation is 1. The lowest BCUT2D eigenvalue weighted by atomic mass is 9.97. The normalized spacial score (nSPS) is 16.6. The third kappa shape index (κ3) is 4.82. The molecule has 2 aliphatic rings. The maximum absolute atomic E-state index is 11.3. The van der Waals surface area contributed by atoms with Crippen LogP contribution in [0.1, 0.15) is 64.1 Å². The number of rotatable bonds is 7. The van der Waals surface area contributed by atoms with E-state index in [0.717, 1.165) is 35.3 Å². The van der Waals surface area contributed by atoms with Crippen LogP contribution in [0.5, 0.6) is 11.6 Å². The van der Waals surface area contributed by atoms with Gasteiger partial charge in [-0.3, -0.25) is 0 Å². The van der Waals surface area contributed by atoms with E-state index < -0.39 is 5.97 Å². The highest BCUT2D eigenvalue weighted by Crippen LogP contribution is 2.46. The minimum Gasteiger partial charge on any atom is -0.485 e. The van der Waals surface area contributed by atoms with Gasteiger partial charge in [-0.1, -0.05) is 46.0 Å². The highest BCUT2D eigenvalue weighted by Gasteiger charge is 2.34. The van der Waals surface area contributed by atoms with Gasteiger partial charge in [0.2, 0.25) is 5.88 Å². The number of ether oxygens (including phenoxy) is 2. The molecule has 2 aromatic carbocycles. The molecule has 0 spiro atoms. The van der Waals surface area contributed by atoms with E-state index in [1.54, 1.807) is 42.6 Å². The summed E-state index contributed by atoms with van der Waals surface area (Å²) in [5.74, 6) is 1.11. The van der Waals surface area contributed by atoms with E-state index >= 15 is 0 Å². The molecule has 10 heteroatoms. The molecule has 6 rings (SSSR count). The maximum Gasteiger partial charge on any atom is 0.335 e. The van der Waals surface area contributed by atoms with Crippen molar-refractivity contribution in [3.05, 3.63) is 91.7 Å². The second kappa shape index (κ2) is 10.1. The van der Waals surface area contributed by atoms with Crippen LogP contribution in [0.25, 0.3) is 11.3 Å². The maximum atomic E-state index is 11.3. The van der Waals surface area contributed by atoms with Gasteiger partial charge in [0.15, 0.2) is 0 Å². The number of hydrogen-bond acceptors (Lipinski definition) is 6. The lowest BCUT2D eigenvalue weighted by Gasteiger charge is -2.27. The molecule has 194 valence electrons. The van der Waals surface area contributed by atoms with Crippen molar-refractivity contribution in [1.82, 2.24) is 10.1 Å². The fourth-order valence-electron chi connectivity index (χ4n) is 4.67. The smallest absolute Gasteiger partial charge is 0.335 e. The average molecular weight is 572 g/mol. The van der Waals surface area contributed by atoms with Crippen molar-refractivity contribution in [2.45, 2.75) is 44.3 Å². The SMILES string of the molecule is O=C(O)c1ccc2c(c1)CCC(c1cnc(OCc3c(-c4c(Cl)cccc4Cl)noc3C3CC3)cc1Cl)O2. The third-order valence-corrected chi connectivity index (χ3v) is 7.74.